The molecule has 0 aromatic heterocycles. The van der Waals surface area contributed by atoms with Crippen LogP contribution in [0.4, 0.5) is 4.79 Å². The number of hydrogen-bond donors (Lipinski definition) is 0. The summed E-state index contributed by atoms with van der Waals surface area (Å²) in [7, 11) is 0. The molecule has 1 amide bonds. The van der Waals surface area contributed by atoms with Crippen molar-refractivity contribution >= 4 is 6.09 Å². The van der Waals surface area contributed by atoms with Gasteiger partial charge in [-0.15, -0.1) is 0 Å². The van der Waals surface area contributed by atoms with Crippen LogP contribution in [0.5, 0.6) is 0 Å². The monoisotopic (exact) mass is 287 g/mol. The summed E-state index contributed by atoms with van der Waals surface area (Å²) in [6.45, 7) is 11.3. The summed E-state index contributed by atoms with van der Waals surface area (Å²) in [5, 5.41) is 0. The molecule has 0 bridgehead atoms. The molecule has 0 spiro atoms. The highest BCUT2D eigenvalue weighted by atomic mass is 16.6. The lowest BCUT2D eigenvalue weighted by atomic mass is 10.2. The van der Waals surface area contributed by atoms with Crippen molar-refractivity contribution in [2.24, 2.45) is 0 Å². The lowest BCUT2D eigenvalue weighted by molar-refractivity contribution is -0.0664. The van der Waals surface area contributed by atoms with E-state index in [-0.39, 0.29) is 12.2 Å². The van der Waals surface area contributed by atoms with Gasteiger partial charge < -0.3 is 19.1 Å². The molecule has 0 saturated carbocycles. The Morgan fingerprint density at radius 3 is 2.40 bits per heavy atom. The van der Waals surface area contributed by atoms with Gasteiger partial charge in [0.1, 0.15) is 5.60 Å². The minimum Gasteiger partial charge on any atom is -0.444 e. The van der Waals surface area contributed by atoms with Crippen LogP contribution >= 0.6 is 0 Å². The third kappa shape index (κ3) is 7.10. The van der Waals surface area contributed by atoms with Gasteiger partial charge in [-0.1, -0.05) is 13.3 Å². The standard InChI is InChI=1S/C15H29NO4/c1-5-6-8-18-9-7-10-19-13-11-16(12-13)14(17)20-15(2,3)4/h13H,5-12H2,1-4H3. The number of amides is 1. The van der Waals surface area contributed by atoms with Gasteiger partial charge in [0, 0.05) is 19.8 Å². The lowest BCUT2D eigenvalue weighted by Crippen LogP contribution is -2.56. The highest BCUT2D eigenvalue weighted by Crippen LogP contribution is 2.17. The highest BCUT2D eigenvalue weighted by molar-refractivity contribution is 5.69. The van der Waals surface area contributed by atoms with Gasteiger partial charge in [-0.3, -0.25) is 0 Å². The summed E-state index contributed by atoms with van der Waals surface area (Å²) in [5.41, 5.74) is -0.432. The SMILES string of the molecule is CCCCOCCCOC1CN(C(=O)OC(C)(C)C)C1. The fourth-order valence-corrected chi connectivity index (χ4v) is 1.78. The molecule has 1 rings (SSSR count). The van der Waals surface area contributed by atoms with Crippen molar-refractivity contribution in [1.29, 1.82) is 0 Å². The molecule has 0 unspecified atom stereocenters. The zero-order valence-electron chi connectivity index (χ0n) is 13.3. The van der Waals surface area contributed by atoms with Gasteiger partial charge in [-0.05, 0) is 33.6 Å². The van der Waals surface area contributed by atoms with E-state index in [0.717, 1.165) is 26.1 Å². The van der Waals surface area contributed by atoms with Crippen LogP contribution in [-0.4, -0.2) is 55.6 Å². The van der Waals surface area contributed by atoms with E-state index in [1.165, 1.54) is 6.42 Å². The van der Waals surface area contributed by atoms with E-state index < -0.39 is 5.60 Å². The quantitative estimate of drug-likeness (QED) is 0.644. The maximum Gasteiger partial charge on any atom is 0.410 e. The molecule has 1 saturated heterocycles. The van der Waals surface area contributed by atoms with Crippen molar-refractivity contribution in [2.45, 2.75) is 58.7 Å². The summed E-state index contributed by atoms with van der Waals surface area (Å²) < 4.78 is 16.4. The molecule has 1 fully saturated rings. The maximum absolute atomic E-state index is 11.7. The zero-order chi connectivity index (χ0) is 15.0. The Balaban J connectivity index is 1.96. The number of unbranched alkanes of at least 4 members (excludes halogenated alkanes) is 1. The van der Waals surface area contributed by atoms with Crippen molar-refractivity contribution in [3.8, 4) is 0 Å². The van der Waals surface area contributed by atoms with Crippen molar-refractivity contribution in [1.82, 2.24) is 4.90 Å². The Hall–Kier alpha value is -0.810. The molecular weight excluding hydrogens is 258 g/mol. The van der Waals surface area contributed by atoms with E-state index in [9.17, 15) is 4.79 Å². The van der Waals surface area contributed by atoms with Gasteiger partial charge in [0.2, 0.25) is 0 Å². The van der Waals surface area contributed by atoms with E-state index in [1.54, 1.807) is 4.90 Å². The van der Waals surface area contributed by atoms with Crippen LogP contribution in [0.2, 0.25) is 0 Å². The van der Waals surface area contributed by atoms with Crippen LogP contribution in [0.15, 0.2) is 0 Å². The predicted molar refractivity (Wildman–Crippen MR) is 77.9 cm³/mol. The second kappa shape index (κ2) is 8.47. The third-order valence-corrected chi connectivity index (χ3v) is 2.93. The number of carbonyl (C=O) groups is 1. The molecule has 0 aromatic carbocycles. The maximum atomic E-state index is 11.7. The van der Waals surface area contributed by atoms with Crippen molar-refractivity contribution in [3.05, 3.63) is 0 Å². The minimum absolute atomic E-state index is 0.151. The van der Waals surface area contributed by atoms with Crippen molar-refractivity contribution in [3.63, 3.8) is 0 Å². The van der Waals surface area contributed by atoms with Crippen LogP contribution < -0.4 is 0 Å². The van der Waals surface area contributed by atoms with E-state index in [4.69, 9.17) is 14.2 Å². The van der Waals surface area contributed by atoms with Crippen LogP contribution in [0.1, 0.15) is 47.0 Å². The molecule has 0 aliphatic carbocycles. The first-order valence-electron chi connectivity index (χ1n) is 7.59. The van der Waals surface area contributed by atoms with Crippen LogP contribution in [-0.2, 0) is 14.2 Å². The number of likely N-dealkylation sites (tertiary alicyclic amines) is 1. The number of hydrogen-bond acceptors (Lipinski definition) is 4. The molecule has 1 aliphatic rings. The number of ether oxygens (including phenoxy) is 3. The van der Waals surface area contributed by atoms with Crippen molar-refractivity contribution in [2.75, 3.05) is 32.9 Å². The second-order valence-corrected chi connectivity index (χ2v) is 6.20. The Morgan fingerprint density at radius 2 is 1.80 bits per heavy atom. The molecule has 0 aromatic rings. The summed E-state index contributed by atoms with van der Waals surface area (Å²) in [6.07, 6.45) is 3.10. The van der Waals surface area contributed by atoms with Gasteiger partial charge in [-0.2, -0.15) is 0 Å². The molecule has 0 N–H and O–H groups in total. The third-order valence-electron chi connectivity index (χ3n) is 2.93. The average Bonchev–Trinajstić information content (AvgIpc) is 2.27. The molecule has 118 valence electrons. The van der Waals surface area contributed by atoms with Gasteiger partial charge in [0.25, 0.3) is 0 Å². The molecule has 0 atom stereocenters. The van der Waals surface area contributed by atoms with E-state index >= 15 is 0 Å². The number of nitrogens with zero attached hydrogens (tertiary/aromatic N) is 1. The van der Waals surface area contributed by atoms with E-state index in [1.807, 2.05) is 20.8 Å². The summed E-state index contributed by atoms with van der Waals surface area (Å²) >= 11 is 0. The van der Waals surface area contributed by atoms with Gasteiger partial charge in [-0.25, -0.2) is 4.79 Å². The second-order valence-electron chi connectivity index (χ2n) is 6.20. The first-order valence-corrected chi connectivity index (χ1v) is 7.59. The summed E-state index contributed by atoms with van der Waals surface area (Å²) in [5.74, 6) is 0. The molecular formula is C15H29NO4. The van der Waals surface area contributed by atoms with Crippen LogP contribution in [0, 0.1) is 0 Å². The number of rotatable bonds is 8. The molecule has 0 radical (unpaired) electrons. The van der Waals surface area contributed by atoms with Gasteiger partial charge >= 0.3 is 6.09 Å². The lowest BCUT2D eigenvalue weighted by Gasteiger charge is -2.39. The minimum atomic E-state index is -0.432. The van der Waals surface area contributed by atoms with E-state index in [0.29, 0.717) is 19.7 Å². The number of carbonyl (C=O) groups excluding carboxylic acids is 1. The Labute approximate surface area is 122 Å². The Kier molecular flexibility index (Phi) is 7.30. The fraction of sp³-hybridized carbons (Fsp3) is 0.933. The van der Waals surface area contributed by atoms with Gasteiger partial charge in [0.15, 0.2) is 0 Å². The smallest absolute Gasteiger partial charge is 0.410 e. The molecule has 1 heterocycles. The van der Waals surface area contributed by atoms with Crippen LogP contribution in [0.3, 0.4) is 0 Å². The van der Waals surface area contributed by atoms with Crippen molar-refractivity contribution < 1.29 is 19.0 Å². The largest absolute Gasteiger partial charge is 0.444 e. The first kappa shape index (κ1) is 17.2. The summed E-state index contributed by atoms with van der Waals surface area (Å²) in [4.78, 5) is 13.4. The summed E-state index contributed by atoms with van der Waals surface area (Å²) in [6, 6.07) is 0. The Morgan fingerprint density at radius 1 is 1.15 bits per heavy atom. The van der Waals surface area contributed by atoms with Gasteiger partial charge in [0.05, 0.1) is 19.2 Å². The van der Waals surface area contributed by atoms with E-state index in [2.05, 4.69) is 6.92 Å². The predicted octanol–water partition coefficient (Wildman–Crippen LogP) is 2.83. The average molecular weight is 287 g/mol. The first-order chi connectivity index (χ1) is 9.42. The highest BCUT2D eigenvalue weighted by Gasteiger charge is 2.34. The molecule has 20 heavy (non-hydrogen) atoms. The molecule has 1 aliphatic heterocycles. The normalized spacial score (nSPS) is 16.1. The fourth-order valence-electron chi connectivity index (χ4n) is 1.78. The molecule has 5 heteroatoms. The topological polar surface area (TPSA) is 48.0 Å². The zero-order valence-corrected chi connectivity index (χ0v) is 13.3. The Bertz CT molecular complexity index is 282. The molecule has 5 nitrogen and oxygen atoms in total. The van der Waals surface area contributed by atoms with Crippen LogP contribution in [0.25, 0.3) is 0 Å².